The standard InChI is InChI=1S/C19H31N3O2/c1-22(18-10-3-2-4-11-18)13-7-12-20-19(24)21-14-16-8-5-6-9-17(16)15-23/h5-6,8-9,18,23H,2-4,7,10-15H2,1H3,(H2,20,21,24). The maximum absolute atomic E-state index is 11.9. The predicted molar refractivity (Wildman–Crippen MR) is 96.7 cm³/mol. The molecule has 0 bridgehead atoms. The highest BCUT2D eigenvalue weighted by molar-refractivity contribution is 5.73. The van der Waals surface area contributed by atoms with Gasteiger partial charge in [0, 0.05) is 19.1 Å². The molecule has 0 saturated heterocycles. The van der Waals surface area contributed by atoms with Crippen molar-refractivity contribution in [3.63, 3.8) is 0 Å². The second kappa shape index (κ2) is 10.3. The molecule has 0 radical (unpaired) electrons. The van der Waals surface area contributed by atoms with Crippen LogP contribution in [0, 0.1) is 0 Å². The van der Waals surface area contributed by atoms with Crippen molar-refractivity contribution in [3.05, 3.63) is 35.4 Å². The van der Waals surface area contributed by atoms with Crippen LogP contribution in [0.5, 0.6) is 0 Å². The lowest BCUT2D eigenvalue weighted by molar-refractivity contribution is 0.189. The van der Waals surface area contributed by atoms with Gasteiger partial charge in [0.15, 0.2) is 0 Å². The molecule has 24 heavy (non-hydrogen) atoms. The van der Waals surface area contributed by atoms with Crippen LogP contribution in [0.2, 0.25) is 0 Å². The summed E-state index contributed by atoms with van der Waals surface area (Å²) in [6.45, 7) is 2.14. The lowest BCUT2D eigenvalue weighted by Gasteiger charge is -2.31. The van der Waals surface area contributed by atoms with E-state index in [1.807, 2.05) is 24.3 Å². The molecule has 1 aromatic rings. The third-order valence-electron chi connectivity index (χ3n) is 4.90. The van der Waals surface area contributed by atoms with Crippen molar-refractivity contribution < 1.29 is 9.90 Å². The Morgan fingerprint density at radius 3 is 2.58 bits per heavy atom. The first-order chi connectivity index (χ1) is 11.7. The van der Waals surface area contributed by atoms with E-state index in [4.69, 9.17) is 0 Å². The van der Waals surface area contributed by atoms with E-state index in [1.165, 1.54) is 32.1 Å². The van der Waals surface area contributed by atoms with Crippen LogP contribution in [-0.4, -0.2) is 42.2 Å². The molecule has 5 heteroatoms. The summed E-state index contributed by atoms with van der Waals surface area (Å²) in [5.74, 6) is 0. The summed E-state index contributed by atoms with van der Waals surface area (Å²) in [5.41, 5.74) is 1.80. The first-order valence-electron chi connectivity index (χ1n) is 9.10. The number of nitrogens with one attached hydrogen (secondary N) is 2. The summed E-state index contributed by atoms with van der Waals surface area (Å²) in [6.07, 6.45) is 7.68. The molecule has 0 unspecified atom stereocenters. The number of carbonyl (C=O) groups is 1. The molecule has 1 aliphatic rings. The topological polar surface area (TPSA) is 64.6 Å². The van der Waals surface area contributed by atoms with Gasteiger partial charge in [-0.1, -0.05) is 43.5 Å². The summed E-state index contributed by atoms with van der Waals surface area (Å²) < 4.78 is 0. The van der Waals surface area contributed by atoms with Gasteiger partial charge in [-0.05, 0) is 44.0 Å². The maximum Gasteiger partial charge on any atom is 0.315 e. The van der Waals surface area contributed by atoms with Crippen LogP contribution in [0.15, 0.2) is 24.3 Å². The minimum atomic E-state index is -0.150. The van der Waals surface area contributed by atoms with E-state index in [-0.39, 0.29) is 12.6 Å². The van der Waals surface area contributed by atoms with Crippen LogP contribution >= 0.6 is 0 Å². The largest absolute Gasteiger partial charge is 0.392 e. The molecule has 134 valence electrons. The van der Waals surface area contributed by atoms with Crippen LogP contribution in [0.1, 0.15) is 49.7 Å². The third kappa shape index (κ3) is 6.13. The third-order valence-corrected chi connectivity index (χ3v) is 4.90. The van der Waals surface area contributed by atoms with Gasteiger partial charge in [0.2, 0.25) is 0 Å². The van der Waals surface area contributed by atoms with Crippen LogP contribution in [0.25, 0.3) is 0 Å². The number of hydrogen-bond acceptors (Lipinski definition) is 3. The molecule has 0 aromatic heterocycles. The van der Waals surface area contributed by atoms with Gasteiger partial charge < -0.3 is 20.6 Å². The summed E-state index contributed by atoms with van der Waals surface area (Å²) in [6, 6.07) is 8.17. The van der Waals surface area contributed by atoms with Crippen molar-refractivity contribution >= 4 is 6.03 Å². The highest BCUT2D eigenvalue weighted by Crippen LogP contribution is 2.21. The highest BCUT2D eigenvalue weighted by atomic mass is 16.3. The van der Waals surface area contributed by atoms with Crippen molar-refractivity contribution in [1.82, 2.24) is 15.5 Å². The Bertz CT molecular complexity index is 501. The van der Waals surface area contributed by atoms with Crippen molar-refractivity contribution in [2.75, 3.05) is 20.1 Å². The van der Waals surface area contributed by atoms with E-state index >= 15 is 0 Å². The average Bonchev–Trinajstić information content (AvgIpc) is 2.64. The summed E-state index contributed by atoms with van der Waals surface area (Å²) in [5, 5.41) is 15.0. The molecule has 5 nitrogen and oxygen atoms in total. The smallest absolute Gasteiger partial charge is 0.315 e. The Morgan fingerprint density at radius 1 is 1.17 bits per heavy atom. The van der Waals surface area contributed by atoms with Gasteiger partial charge in [0.25, 0.3) is 0 Å². The van der Waals surface area contributed by atoms with E-state index in [0.717, 1.165) is 30.1 Å². The number of rotatable bonds is 8. The SMILES string of the molecule is CN(CCCNC(=O)NCc1ccccc1CO)C1CCCCC1. The fraction of sp³-hybridized carbons (Fsp3) is 0.632. The van der Waals surface area contributed by atoms with Crippen molar-refractivity contribution in [2.24, 2.45) is 0 Å². The van der Waals surface area contributed by atoms with E-state index in [9.17, 15) is 9.90 Å². The van der Waals surface area contributed by atoms with Gasteiger partial charge in [-0.25, -0.2) is 4.79 Å². The molecule has 0 spiro atoms. The molecule has 0 aliphatic heterocycles. The quantitative estimate of drug-likeness (QED) is 0.641. The first-order valence-corrected chi connectivity index (χ1v) is 9.10. The Labute approximate surface area is 145 Å². The van der Waals surface area contributed by atoms with Crippen LogP contribution < -0.4 is 10.6 Å². The number of urea groups is 1. The Kier molecular flexibility index (Phi) is 8.05. The number of aliphatic hydroxyl groups is 1. The van der Waals surface area contributed by atoms with E-state index < -0.39 is 0 Å². The maximum atomic E-state index is 11.9. The molecular formula is C19H31N3O2. The highest BCUT2D eigenvalue weighted by Gasteiger charge is 2.17. The monoisotopic (exact) mass is 333 g/mol. The van der Waals surface area contributed by atoms with Crippen LogP contribution in [0.3, 0.4) is 0 Å². The lowest BCUT2D eigenvalue weighted by atomic mass is 9.94. The molecule has 1 aliphatic carbocycles. The lowest BCUT2D eigenvalue weighted by Crippen LogP contribution is -2.38. The first kappa shape index (κ1) is 18.7. The van der Waals surface area contributed by atoms with E-state index in [1.54, 1.807) is 0 Å². The van der Waals surface area contributed by atoms with E-state index in [0.29, 0.717) is 13.1 Å². The molecule has 0 heterocycles. The fourth-order valence-electron chi connectivity index (χ4n) is 3.36. The number of nitrogens with zero attached hydrogens (tertiary/aromatic N) is 1. The second-order valence-electron chi connectivity index (χ2n) is 6.66. The molecule has 1 saturated carbocycles. The van der Waals surface area contributed by atoms with Crippen molar-refractivity contribution in [2.45, 2.75) is 57.7 Å². The van der Waals surface area contributed by atoms with Crippen LogP contribution in [0.4, 0.5) is 4.79 Å². The normalized spacial score (nSPS) is 15.5. The average molecular weight is 333 g/mol. The molecule has 2 rings (SSSR count). The summed E-state index contributed by atoms with van der Waals surface area (Å²) >= 11 is 0. The zero-order valence-electron chi connectivity index (χ0n) is 14.8. The Morgan fingerprint density at radius 2 is 1.88 bits per heavy atom. The van der Waals surface area contributed by atoms with Crippen molar-refractivity contribution in [1.29, 1.82) is 0 Å². The van der Waals surface area contributed by atoms with Gasteiger partial charge in [0.05, 0.1) is 6.61 Å². The molecule has 1 aromatic carbocycles. The van der Waals surface area contributed by atoms with E-state index in [2.05, 4.69) is 22.6 Å². The molecule has 0 atom stereocenters. The molecule has 3 N–H and O–H groups in total. The number of hydrogen-bond donors (Lipinski definition) is 3. The summed E-state index contributed by atoms with van der Waals surface area (Å²) in [7, 11) is 2.20. The molecule has 1 fully saturated rings. The van der Waals surface area contributed by atoms with Crippen LogP contribution in [-0.2, 0) is 13.2 Å². The number of benzene rings is 1. The second-order valence-corrected chi connectivity index (χ2v) is 6.66. The van der Waals surface area contributed by atoms with Gasteiger partial charge >= 0.3 is 6.03 Å². The Balaban J connectivity index is 1.59. The predicted octanol–water partition coefficient (Wildman–Crippen LogP) is 2.63. The fourth-order valence-corrected chi connectivity index (χ4v) is 3.36. The van der Waals surface area contributed by atoms with Gasteiger partial charge in [-0.3, -0.25) is 0 Å². The van der Waals surface area contributed by atoms with Gasteiger partial charge in [0.1, 0.15) is 0 Å². The summed E-state index contributed by atoms with van der Waals surface area (Å²) in [4.78, 5) is 14.3. The molecule has 2 amide bonds. The number of amides is 2. The van der Waals surface area contributed by atoms with Gasteiger partial charge in [-0.15, -0.1) is 0 Å². The Hall–Kier alpha value is -1.59. The number of aliphatic hydroxyl groups excluding tert-OH is 1. The minimum Gasteiger partial charge on any atom is -0.392 e. The minimum absolute atomic E-state index is 0.00697. The zero-order chi connectivity index (χ0) is 17.2. The van der Waals surface area contributed by atoms with Crippen molar-refractivity contribution in [3.8, 4) is 0 Å². The molecular weight excluding hydrogens is 302 g/mol. The zero-order valence-corrected chi connectivity index (χ0v) is 14.8. The number of carbonyl (C=O) groups excluding carboxylic acids is 1. The van der Waals surface area contributed by atoms with Gasteiger partial charge in [-0.2, -0.15) is 0 Å².